The highest BCUT2D eigenvalue weighted by Gasteiger charge is 2.18. The largest absolute Gasteiger partial charge is 0.381 e. The van der Waals surface area contributed by atoms with Gasteiger partial charge in [-0.05, 0) is 38.1 Å². The average Bonchev–Trinajstić information content (AvgIpc) is 2.69. The lowest BCUT2D eigenvalue weighted by Crippen LogP contribution is -2.33. The smallest absolute Gasteiger partial charge is 0.0469 e. The normalized spacial score (nSPS) is 26.8. The Hall–Kier alpha value is -0.0800. The van der Waals surface area contributed by atoms with Crippen LogP contribution in [0.25, 0.3) is 0 Å². The first kappa shape index (κ1) is 9.47. The van der Waals surface area contributed by atoms with Gasteiger partial charge in [-0.3, -0.25) is 0 Å². The topological polar surface area (TPSA) is 21.3 Å². The minimum atomic E-state index is 0.836. The van der Waals surface area contributed by atoms with Crippen molar-refractivity contribution in [2.75, 3.05) is 19.8 Å². The van der Waals surface area contributed by atoms with Gasteiger partial charge in [0.25, 0.3) is 0 Å². The molecule has 1 saturated heterocycles. The first-order valence-electron chi connectivity index (χ1n) is 5.76. The van der Waals surface area contributed by atoms with Gasteiger partial charge in [0, 0.05) is 19.3 Å². The summed E-state index contributed by atoms with van der Waals surface area (Å²) in [6, 6.07) is 0.836. The zero-order valence-corrected chi connectivity index (χ0v) is 8.43. The first-order chi connectivity index (χ1) is 6.45. The van der Waals surface area contributed by atoms with Crippen molar-refractivity contribution in [1.82, 2.24) is 5.32 Å². The summed E-state index contributed by atoms with van der Waals surface area (Å²) in [5.41, 5.74) is 0. The molecular formula is C11H21NO. The third-order valence-electron chi connectivity index (χ3n) is 3.39. The molecule has 2 rings (SSSR count). The van der Waals surface area contributed by atoms with Crippen LogP contribution in [-0.2, 0) is 4.74 Å². The van der Waals surface area contributed by atoms with Crippen molar-refractivity contribution in [3.8, 4) is 0 Å². The van der Waals surface area contributed by atoms with E-state index in [2.05, 4.69) is 5.32 Å². The summed E-state index contributed by atoms with van der Waals surface area (Å²) >= 11 is 0. The van der Waals surface area contributed by atoms with Crippen molar-refractivity contribution in [2.24, 2.45) is 5.92 Å². The Morgan fingerprint density at radius 2 is 1.69 bits per heavy atom. The molecule has 0 amide bonds. The van der Waals surface area contributed by atoms with Crippen LogP contribution < -0.4 is 5.32 Å². The van der Waals surface area contributed by atoms with Gasteiger partial charge >= 0.3 is 0 Å². The highest BCUT2D eigenvalue weighted by molar-refractivity contribution is 4.75. The third kappa shape index (κ3) is 2.96. The second kappa shape index (κ2) is 4.97. The maximum atomic E-state index is 5.34. The molecule has 0 spiro atoms. The lowest BCUT2D eigenvalue weighted by Gasteiger charge is -2.24. The van der Waals surface area contributed by atoms with E-state index in [-0.39, 0.29) is 0 Å². The second-order valence-corrected chi connectivity index (χ2v) is 4.45. The monoisotopic (exact) mass is 183 g/mol. The lowest BCUT2D eigenvalue weighted by molar-refractivity contribution is 0.0655. The van der Waals surface area contributed by atoms with E-state index in [1.165, 1.54) is 45.1 Å². The van der Waals surface area contributed by atoms with Crippen LogP contribution in [0.3, 0.4) is 0 Å². The summed E-state index contributed by atoms with van der Waals surface area (Å²) in [5, 5.41) is 3.70. The van der Waals surface area contributed by atoms with Crippen LogP contribution >= 0.6 is 0 Å². The highest BCUT2D eigenvalue weighted by atomic mass is 16.5. The van der Waals surface area contributed by atoms with E-state index in [4.69, 9.17) is 4.74 Å². The van der Waals surface area contributed by atoms with E-state index in [9.17, 15) is 0 Å². The number of rotatable bonds is 3. The van der Waals surface area contributed by atoms with Crippen LogP contribution in [0, 0.1) is 5.92 Å². The molecule has 2 heteroatoms. The Balaban J connectivity index is 1.60. The second-order valence-electron chi connectivity index (χ2n) is 4.45. The molecule has 1 saturated carbocycles. The quantitative estimate of drug-likeness (QED) is 0.722. The highest BCUT2D eigenvalue weighted by Crippen LogP contribution is 2.19. The van der Waals surface area contributed by atoms with E-state index in [0.717, 1.165) is 25.2 Å². The Kier molecular flexibility index (Phi) is 3.62. The van der Waals surface area contributed by atoms with Crippen LogP contribution in [0.2, 0.25) is 0 Å². The molecule has 0 aromatic rings. The Morgan fingerprint density at radius 1 is 1.00 bits per heavy atom. The number of nitrogens with one attached hydrogen (secondary N) is 1. The fourth-order valence-corrected chi connectivity index (χ4v) is 2.41. The number of hydrogen-bond acceptors (Lipinski definition) is 2. The van der Waals surface area contributed by atoms with Gasteiger partial charge in [0.15, 0.2) is 0 Å². The van der Waals surface area contributed by atoms with Gasteiger partial charge in [-0.1, -0.05) is 12.8 Å². The van der Waals surface area contributed by atoms with Crippen molar-refractivity contribution >= 4 is 0 Å². The Morgan fingerprint density at radius 3 is 2.38 bits per heavy atom. The minimum Gasteiger partial charge on any atom is -0.381 e. The maximum absolute atomic E-state index is 5.34. The SMILES string of the molecule is C1CCC(NCC2CCOCC2)C1. The van der Waals surface area contributed by atoms with Crippen LogP contribution in [-0.4, -0.2) is 25.8 Å². The fourth-order valence-electron chi connectivity index (χ4n) is 2.41. The molecule has 0 aromatic carbocycles. The first-order valence-corrected chi connectivity index (χ1v) is 5.76. The molecule has 1 heterocycles. The van der Waals surface area contributed by atoms with E-state index in [0.29, 0.717) is 0 Å². The molecule has 1 aliphatic heterocycles. The van der Waals surface area contributed by atoms with Gasteiger partial charge in [0.1, 0.15) is 0 Å². The molecule has 76 valence electrons. The summed E-state index contributed by atoms with van der Waals surface area (Å²) < 4.78 is 5.34. The van der Waals surface area contributed by atoms with Crippen molar-refractivity contribution in [3.63, 3.8) is 0 Å². The molecule has 0 radical (unpaired) electrons. The molecule has 0 bridgehead atoms. The maximum Gasteiger partial charge on any atom is 0.0469 e. The molecular weight excluding hydrogens is 162 g/mol. The number of hydrogen-bond donors (Lipinski definition) is 1. The Labute approximate surface area is 81.0 Å². The number of ether oxygens (including phenoxy) is 1. The minimum absolute atomic E-state index is 0.836. The van der Waals surface area contributed by atoms with Crippen molar-refractivity contribution in [1.29, 1.82) is 0 Å². The standard InChI is InChI=1S/C11H21NO/c1-2-4-11(3-1)12-9-10-5-7-13-8-6-10/h10-12H,1-9H2. The van der Waals surface area contributed by atoms with E-state index >= 15 is 0 Å². The summed E-state index contributed by atoms with van der Waals surface area (Å²) in [7, 11) is 0. The van der Waals surface area contributed by atoms with Crippen LogP contribution in [0.15, 0.2) is 0 Å². The molecule has 1 aliphatic carbocycles. The molecule has 0 unspecified atom stereocenters. The van der Waals surface area contributed by atoms with Crippen LogP contribution in [0.1, 0.15) is 38.5 Å². The van der Waals surface area contributed by atoms with E-state index < -0.39 is 0 Å². The van der Waals surface area contributed by atoms with Gasteiger partial charge < -0.3 is 10.1 Å². The fraction of sp³-hybridized carbons (Fsp3) is 1.00. The summed E-state index contributed by atoms with van der Waals surface area (Å²) in [4.78, 5) is 0. The van der Waals surface area contributed by atoms with Crippen LogP contribution in [0.4, 0.5) is 0 Å². The molecule has 2 aliphatic rings. The summed E-state index contributed by atoms with van der Waals surface area (Å²) in [5.74, 6) is 0.884. The molecule has 13 heavy (non-hydrogen) atoms. The van der Waals surface area contributed by atoms with E-state index in [1.807, 2.05) is 0 Å². The predicted molar refractivity (Wildman–Crippen MR) is 53.8 cm³/mol. The third-order valence-corrected chi connectivity index (χ3v) is 3.39. The van der Waals surface area contributed by atoms with Gasteiger partial charge in [0.05, 0.1) is 0 Å². The lowest BCUT2D eigenvalue weighted by atomic mass is 10.00. The summed E-state index contributed by atoms with van der Waals surface area (Å²) in [6.07, 6.45) is 8.21. The molecule has 2 fully saturated rings. The van der Waals surface area contributed by atoms with E-state index in [1.54, 1.807) is 0 Å². The van der Waals surface area contributed by atoms with Gasteiger partial charge in [-0.15, -0.1) is 0 Å². The molecule has 2 nitrogen and oxygen atoms in total. The predicted octanol–water partition coefficient (Wildman–Crippen LogP) is 1.95. The van der Waals surface area contributed by atoms with Gasteiger partial charge in [-0.2, -0.15) is 0 Å². The molecule has 0 aromatic heterocycles. The Bertz CT molecular complexity index is 137. The zero-order valence-electron chi connectivity index (χ0n) is 8.43. The molecule has 0 atom stereocenters. The van der Waals surface area contributed by atoms with Crippen molar-refractivity contribution < 1.29 is 4.74 Å². The zero-order chi connectivity index (χ0) is 8.93. The summed E-state index contributed by atoms with van der Waals surface area (Å²) in [6.45, 7) is 3.20. The average molecular weight is 183 g/mol. The van der Waals surface area contributed by atoms with Gasteiger partial charge in [-0.25, -0.2) is 0 Å². The van der Waals surface area contributed by atoms with Crippen molar-refractivity contribution in [2.45, 2.75) is 44.6 Å². The van der Waals surface area contributed by atoms with Crippen molar-refractivity contribution in [3.05, 3.63) is 0 Å². The van der Waals surface area contributed by atoms with Gasteiger partial charge in [0.2, 0.25) is 0 Å². The molecule has 1 N–H and O–H groups in total. The van der Waals surface area contributed by atoms with Crippen LogP contribution in [0.5, 0.6) is 0 Å².